The van der Waals surface area contributed by atoms with E-state index < -0.39 is 0 Å². The van der Waals surface area contributed by atoms with Crippen molar-refractivity contribution in [3.8, 4) is 0 Å². The van der Waals surface area contributed by atoms with Crippen molar-refractivity contribution in [1.29, 1.82) is 0 Å². The molecular formula is C16H36IN3O. The van der Waals surface area contributed by atoms with Crippen LogP contribution in [0.2, 0.25) is 0 Å². The second-order valence-electron chi connectivity index (χ2n) is 5.86. The molecule has 5 heteroatoms. The SMILES string of the molecule is CCCCCNC(=NCC(CCO)CC(C)C)NCC.I. The van der Waals surface area contributed by atoms with E-state index in [1.165, 1.54) is 19.3 Å². The Labute approximate surface area is 148 Å². The maximum atomic E-state index is 9.14. The molecule has 0 aliphatic rings. The Balaban J connectivity index is 0. The van der Waals surface area contributed by atoms with E-state index in [4.69, 9.17) is 5.11 Å². The molecule has 4 nitrogen and oxygen atoms in total. The Morgan fingerprint density at radius 2 is 1.86 bits per heavy atom. The molecule has 0 spiro atoms. The molecule has 3 N–H and O–H groups in total. The van der Waals surface area contributed by atoms with E-state index in [2.05, 4.69) is 43.3 Å². The van der Waals surface area contributed by atoms with E-state index >= 15 is 0 Å². The topological polar surface area (TPSA) is 56.7 Å². The zero-order valence-corrected chi connectivity index (χ0v) is 16.7. The summed E-state index contributed by atoms with van der Waals surface area (Å²) in [6.45, 7) is 11.7. The summed E-state index contributed by atoms with van der Waals surface area (Å²) >= 11 is 0. The van der Waals surface area contributed by atoms with Crippen molar-refractivity contribution in [3.05, 3.63) is 0 Å². The van der Waals surface area contributed by atoms with Crippen molar-refractivity contribution in [2.75, 3.05) is 26.2 Å². The van der Waals surface area contributed by atoms with Gasteiger partial charge in [-0.05, 0) is 38.0 Å². The summed E-state index contributed by atoms with van der Waals surface area (Å²) < 4.78 is 0. The predicted molar refractivity (Wildman–Crippen MR) is 104 cm³/mol. The zero-order chi connectivity index (χ0) is 15.2. The highest BCUT2D eigenvalue weighted by Gasteiger charge is 2.10. The fraction of sp³-hybridized carbons (Fsp3) is 0.938. The number of aliphatic imine (C=N–C) groups is 1. The Morgan fingerprint density at radius 3 is 2.38 bits per heavy atom. The van der Waals surface area contributed by atoms with E-state index in [0.717, 1.165) is 38.4 Å². The molecule has 128 valence electrons. The van der Waals surface area contributed by atoms with Crippen LogP contribution in [0, 0.1) is 11.8 Å². The number of hydrogen-bond donors (Lipinski definition) is 3. The first kappa shape index (κ1) is 23.2. The van der Waals surface area contributed by atoms with Crippen LogP contribution in [0.5, 0.6) is 0 Å². The smallest absolute Gasteiger partial charge is 0.191 e. The van der Waals surface area contributed by atoms with E-state index in [0.29, 0.717) is 11.8 Å². The Morgan fingerprint density at radius 1 is 1.14 bits per heavy atom. The van der Waals surface area contributed by atoms with Gasteiger partial charge < -0.3 is 15.7 Å². The van der Waals surface area contributed by atoms with Gasteiger partial charge in [0.15, 0.2) is 5.96 Å². The lowest BCUT2D eigenvalue weighted by Gasteiger charge is -2.17. The van der Waals surface area contributed by atoms with Crippen LogP contribution in [0.1, 0.15) is 59.8 Å². The van der Waals surface area contributed by atoms with Crippen molar-refractivity contribution < 1.29 is 5.11 Å². The molecule has 0 aromatic heterocycles. The van der Waals surface area contributed by atoms with Crippen molar-refractivity contribution in [2.24, 2.45) is 16.8 Å². The number of nitrogens with one attached hydrogen (secondary N) is 2. The Kier molecular flexibility index (Phi) is 18.1. The average Bonchev–Trinajstić information content (AvgIpc) is 2.40. The number of unbranched alkanes of at least 4 members (excludes halogenated alkanes) is 2. The molecule has 21 heavy (non-hydrogen) atoms. The van der Waals surface area contributed by atoms with Gasteiger partial charge in [-0.1, -0.05) is 33.6 Å². The van der Waals surface area contributed by atoms with Crippen LogP contribution in [0.3, 0.4) is 0 Å². The highest BCUT2D eigenvalue weighted by Crippen LogP contribution is 2.15. The van der Waals surface area contributed by atoms with Gasteiger partial charge in [0, 0.05) is 26.2 Å². The van der Waals surface area contributed by atoms with Gasteiger partial charge in [0.2, 0.25) is 0 Å². The van der Waals surface area contributed by atoms with Gasteiger partial charge in [-0.2, -0.15) is 0 Å². The van der Waals surface area contributed by atoms with Crippen LogP contribution < -0.4 is 10.6 Å². The van der Waals surface area contributed by atoms with Gasteiger partial charge in [0.1, 0.15) is 0 Å². The summed E-state index contributed by atoms with van der Waals surface area (Å²) in [6.07, 6.45) is 5.65. The van der Waals surface area contributed by atoms with Gasteiger partial charge in [-0.15, -0.1) is 24.0 Å². The minimum absolute atomic E-state index is 0. The molecule has 0 amide bonds. The molecule has 0 fully saturated rings. The van der Waals surface area contributed by atoms with Crippen LogP contribution in [0.25, 0.3) is 0 Å². The Hall–Kier alpha value is -0.0400. The van der Waals surface area contributed by atoms with Gasteiger partial charge in [-0.25, -0.2) is 0 Å². The third kappa shape index (κ3) is 14.7. The maximum Gasteiger partial charge on any atom is 0.191 e. The maximum absolute atomic E-state index is 9.14. The van der Waals surface area contributed by atoms with E-state index in [-0.39, 0.29) is 30.6 Å². The molecular weight excluding hydrogens is 377 g/mol. The molecule has 1 unspecified atom stereocenters. The summed E-state index contributed by atoms with van der Waals surface area (Å²) in [5, 5.41) is 15.8. The molecule has 0 rings (SSSR count). The first-order chi connectivity index (χ1) is 9.63. The largest absolute Gasteiger partial charge is 0.396 e. The molecule has 1 atom stereocenters. The quantitative estimate of drug-likeness (QED) is 0.211. The van der Waals surface area contributed by atoms with Gasteiger partial charge in [0.25, 0.3) is 0 Å². The molecule has 0 aliphatic carbocycles. The fourth-order valence-electron chi connectivity index (χ4n) is 2.28. The first-order valence-electron chi connectivity index (χ1n) is 8.27. The van der Waals surface area contributed by atoms with Crippen LogP contribution in [-0.2, 0) is 0 Å². The minimum atomic E-state index is 0. The Bertz CT molecular complexity index is 248. The number of rotatable bonds is 11. The average molecular weight is 413 g/mol. The number of hydrogen-bond acceptors (Lipinski definition) is 2. The van der Waals surface area contributed by atoms with E-state index in [9.17, 15) is 0 Å². The van der Waals surface area contributed by atoms with Crippen LogP contribution in [0.4, 0.5) is 0 Å². The third-order valence-corrected chi connectivity index (χ3v) is 3.27. The molecule has 0 saturated carbocycles. The molecule has 0 radical (unpaired) electrons. The molecule has 0 aromatic carbocycles. The zero-order valence-electron chi connectivity index (χ0n) is 14.3. The lowest BCUT2D eigenvalue weighted by molar-refractivity contribution is 0.245. The van der Waals surface area contributed by atoms with Crippen molar-refractivity contribution >= 4 is 29.9 Å². The molecule has 0 aromatic rings. The van der Waals surface area contributed by atoms with Gasteiger partial charge in [0.05, 0.1) is 0 Å². The number of guanidine groups is 1. The number of aliphatic hydroxyl groups is 1. The fourth-order valence-corrected chi connectivity index (χ4v) is 2.28. The number of halogens is 1. The second-order valence-corrected chi connectivity index (χ2v) is 5.86. The minimum Gasteiger partial charge on any atom is -0.396 e. The number of aliphatic hydroxyl groups excluding tert-OH is 1. The molecule has 0 saturated heterocycles. The summed E-state index contributed by atoms with van der Waals surface area (Å²) in [5.74, 6) is 2.04. The van der Waals surface area contributed by atoms with Crippen LogP contribution in [0.15, 0.2) is 4.99 Å². The normalized spacial score (nSPS) is 13.0. The number of nitrogens with zero attached hydrogens (tertiary/aromatic N) is 1. The third-order valence-electron chi connectivity index (χ3n) is 3.27. The van der Waals surface area contributed by atoms with E-state index in [1.54, 1.807) is 0 Å². The molecule has 0 bridgehead atoms. The second kappa shape index (κ2) is 16.3. The highest BCUT2D eigenvalue weighted by molar-refractivity contribution is 14.0. The highest BCUT2D eigenvalue weighted by atomic mass is 127. The van der Waals surface area contributed by atoms with E-state index in [1.807, 2.05) is 0 Å². The van der Waals surface area contributed by atoms with Crippen LogP contribution in [-0.4, -0.2) is 37.3 Å². The lowest BCUT2D eigenvalue weighted by Crippen LogP contribution is -2.38. The van der Waals surface area contributed by atoms with Crippen molar-refractivity contribution in [1.82, 2.24) is 10.6 Å². The van der Waals surface area contributed by atoms with Crippen molar-refractivity contribution in [3.63, 3.8) is 0 Å². The monoisotopic (exact) mass is 413 g/mol. The standard InChI is InChI=1S/C16H35N3O.HI/c1-5-7-8-10-18-16(17-6-2)19-13-15(9-11-20)12-14(3)4;/h14-15,20H,5-13H2,1-4H3,(H2,17,18,19);1H. The summed E-state index contributed by atoms with van der Waals surface area (Å²) in [4.78, 5) is 4.67. The lowest BCUT2D eigenvalue weighted by atomic mass is 9.94. The van der Waals surface area contributed by atoms with Gasteiger partial charge >= 0.3 is 0 Å². The van der Waals surface area contributed by atoms with Crippen LogP contribution >= 0.6 is 24.0 Å². The first-order valence-corrected chi connectivity index (χ1v) is 8.27. The van der Waals surface area contributed by atoms with Crippen molar-refractivity contribution in [2.45, 2.75) is 59.8 Å². The predicted octanol–water partition coefficient (Wildman–Crippen LogP) is 3.39. The molecule has 0 aliphatic heterocycles. The summed E-state index contributed by atoms with van der Waals surface area (Å²) in [6, 6.07) is 0. The molecule has 0 heterocycles. The summed E-state index contributed by atoms with van der Waals surface area (Å²) in [5.41, 5.74) is 0. The summed E-state index contributed by atoms with van der Waals surface area (Å²) in [7, 11) is 0. The van der Waals surface area contributed by atoms with Gasteiger partial charge in [-0.3, -0.25) is 4.99 Å².